The first-order valence-corrected chi connectivity index (χ1v) is 8.27. The number of phenols is 1. The van der Waals surface area contributed by atoms with Gasteiger partial charge in [-0.15, -0.1) is 0 Å². The van der Waals surface area contributed by atoms with E-state index in [4.69, 9.17) is 4.42 Å². The van der Waals surface area contributed by atoms with Gasteiger partial charge < -0.3 is 14.8 Å². The molecule has 3 aromatic rings. The average molecular weight is 335 g/mol. The van der Waals surface area contributed by atoms with Crippen LogP contribution >= 0.6 is 0 Å². The highest BCUT2D eigenvalue weighted by Crippen LogP contribution is 2.34. The number of hydrogen-bond donors (Lipinski definition) is 2. The summed E-state index contributed by atoms with van der Waals surface area (Å²) in [6.45, 7) is 2.28. The van der Waals surface area contributed by atoms with Crippen LogP contribution in [0.5, 0.6) is 5.75 Å². The highest BCUT2D eigenvalue weighted by molar-refractivity contribution is 5.77. The molecule has 0 spiro atoms. The Balaban J connectivity index is 1.80. The van der Waals surface area contributed by atoms with Gasteiger partial charge in [-0.2, -0.15) is 0 Å². The zero-order chi connectivity index (χ0) is 17.6. The van der Waals surface area contributed by atoms with E-state index in [1.54, 1.807) is 18.4 Å². The number of hydrogen-bond acceptors (Lipinski definition) is 3. The molecule has 1 heterocycles. The zero-order valence-corrected chi connectivity index (χ0v) is 14.1. The topological polar surface area (TPSA) is 62.5 Å². The van der Waals surface area contributed by atoms with Gasteiger partial charge in [0.15, 0.2) is 0 Å². The summed E-state index contributed by atoms with van der Waals surface area (Å²) in [4.78, 5) is 12.4. The third-order valence-electron chi connectivity index (χ3n) is 4.19. The normalized spacial score (nSPS) is 11.9. The van der Waals surface area contributed by atoms with E-state index in [0.717, 1.165) is 16.7 Å². The van der Waals surface area contributed by atoms with Gasteiger partial charge in [0.25, 0.3) is 0 Å². The van der Waals surface area contributed by atoms with Crippen molar-refractivity contribution < 1.29 is 14.3 Å². The van der Waals surface area contributed by atoms with Crippen molar-refractivity contribution in [3.05, 3.63) is 89.4 Å². The van der Waals surface area contributed by atoms with Crippen LogP contribution in [0.25, 0.3) is 0 Å². The number of furan rings is 1. The molecule has 4 nitrogen and oxygen atoms in total. The van der Waals surface area contributed by atoms with Gasteiger partial charge in [0.05, 0.1) is 12.8 Å². The fourth-order valence-electron chi connectivity index (χ4n) is 2.90. The fourth-order valence-corrected chi connectivity index (χ4v) is 2.90. The Kier molecular flexibility index (Phi) is 5.19. The van der Waals surface area contributed by atoms with E-state index >= 15 is 0 Å². The molecule has 4 heteroatoms. The summed E-state index contributed by atoms with van der Waals surface area (Å²) < 4.78 is 5.24. The van der Waals surface area contributed by atoms with Crippen molar-refractivity contribution in [2.75, 3.05) is 0 Å². The Hall–Kier alpha value is -3.01. The molecule has 0 saturated heterocycles. The van der Waals surface area contributed by atoms with Gasteiger partial charge in [-0.3, -0.25) is 4.79 Å². The van der Waals surface area contributed by atoms with Crippen molar-refractivity contribution in [1.29, 1.82) is 0 Å². The van der Waals surface area contributed by atoms with Gasteiger partial charge >= 0.3 is 0 Å². The van der Waals surface area contributed by atoms with E-state index in [2.05, 4.69) is 5.32 Å². The molecule has 128 valence electrons. The Bertz CT molecular complexity index is 826. The van der Waals surface area contributed by atoms with Crippen molar-refractivity contribution in [2.45, 2.75) is 25.8 Å². The number of rotatable bonds is 6. The van der Waals surface area contributed by atoms with E-state index in [1.807, 2.05) is 55.5 Å². The minimum Gasteiger partial charge on any atom is -0.508 e. The smallest absolute Gasteiger partial charge is 0.221 e. The SMILES string of the molecule is Cc1ccc([C@@H](CC(=O)NCc2ccco2)c2ccccc2)c(O)c1. The van der Waals surface area contributed by atoms with Gasteiger partial charge in [0, 0.05) is 17.9 Å². The number of aromatic hydroxyl groups is 1. The summed E-state index contributed by atoms with van der Waals surface area (Å²) in [5.41, 5.74) is 2.73. The Morgan fingerprint density at radius 2 is 1.92 bits per heavy atom. The number of carbonyl (C=O) groups excluding carboxylic acids is 1. The summed E-state index contributed by atoms with van der Waals surface area (Å²) in [5, 5.41) is 13.2. The minimum absolute atomic E-state index is 0.0924. The monoisotopic (exact) mass is 335 g/mol. The van der Waals surface area contributed by atoms with Crippen LogP contribution in [0.4, 0.5) is 0 Å². The molecule has 25 heavy (non-hydrogen) atoms. The third-order valence-corrected chi connectivity index (χ3v) is 4.19. The van der Waals surface area contributed by atoms with E-state index in [9.17, 15) is 9.90 Å². The van der Waals surface area contributed by atoms with Gasteiger partial charge in [-0.05, 0) is 36.2 Å². The molecule has 0 aliphatic carbocycles. The quantitative estimate of drug-likeness (QED) is 0.712. The first-order chi connectivity index (χ1) is 12.1. The Morgan fingerprint density at radius 1 is 1.12 bits per heavy atom. The van der Waals surface area contributed by atoms with E-state index in [1.165, 1.54) is 0 Å². The molecule has 1 atom stereocenters. The van der Waals surface area contributed by atoms with Gasteiger partial charge in [0.2, 0.25) is 5.91 Å². The lowest BCUT2D eigenvalue weighted by Crippen LogP contribution is -2.24. The van der Waals surface area contributed by atoms with Crippen molar-refractivity contribution in [1.82, 2.24) is 5.32 Å². The second kappa shape index (κ2) is 7.71. The molecular weight excluding hydrogens is 314 g/mol. The van der Waals surface area contributed by atoms with Crippen molar-refractivity contribution >= 4 is 5.91 Å². The highest BCUT2D eigenvalue weighted by Gasteiger charge is 2.21. The summed E-state index contributed by atoms with van der Waals surface area (Å²) in [7, 11) is 0. The number of amides is 1. The first kappa shape index (κ1) is 16.8. The summed E-state index contributed by atoms with van der Waals surface area (Å²) in [5.74, 6) is 0.624. The molecule has 1 aromatic heterocycles. The number of carbonyl (C=O) groups is 1. The van der Waals surface area contributed by atoms with Crippen LogP contribution in [0, 0.1) is 6.92 Å². The van der Waals surface area contributed by atoms with Crippen LogP contribution in [0.2, 0.25) is 0 Å². The molecule has 0 fully saturated rings. The standard InChI is InChI=1S/C21H21NO3/c1-15-9-10-18(20(23)12-15)19(16-6-3-2-4-7-16)13-21(24)22-14-17-8-5-11-25-17/h2-12,19,23H,13-14H2,1H3,(H,22,24)/t19-/m0/s1. The maximum atomic E-state index is 12.4. The van der Waals surface area contributed by atoms with Crippen molar-refractivity contribution in [3.63, 3.8) is 0 Å². The summed E-state index contributed by atoms with van der Waals surface area (Å²) in [6, 6.07) is 18.9. The predicted octanol–water partition coefficient (Wildman–Crippen LogP) is 4.13. The van der Waals surface area contributed by atoms with E-state index in [0.29, 0.717) is 12.3 Å². The molecule has 2 N–H and O–H groups in total. The molecule has 1 amide bonds. The van der Waals surface area contributed by atoms with Gasteiger partial charge in [0.1, 0.15) is 11.5 Å². The van der Waals surface area contributed by atoms with Gasteiger partial charge in [-0.1, -0.05) is 42.5 Å². The second-order valence-corrected chi connectivity index (χ2v) is 6.09. The number of nitrogens with one attached hydrogen (secondary N) is 1. The predicted molar refractivity (Wildman–Crippen MR) is 96.3 cm³/mol. The fraction of sp³-hybridized carbons (Fsp3) is 0.190. The molecule has 0 saturated carbocycles. The highest BCUT2D eigenvalue weighted by atomic mass is 16.3. The van der Waals surface area contributed by atoms with Crippen LogP contribution < -0.4 is 5.32 Å². The van der Waals surface area contributed by atoms with Crippen LogP contribution in [0.3, 0.4) is 0 Å². The summed E-state index contributed by atoms with van der Waals surface area (Å²) >= 11 is 0. The lowest BCUT2D eigenvalue weighted by atomic mass is 9.87. The lowest BCUT2D eigenvalue weighted by Gasteiger charge is -2.19. The minimum atomic E-state index is -0.210. The lowest BCUT2D eigenvalue weighted by molar-refractivity contribution is -0.121. The average Bonchev–Trinajstić information content (AvgIpc) is 3.13. The molecule has 2 aromatic carbocycles. The Morgan fingerprint density at radius 3 is 2.60 bits per heavy atom. The Labute approximate surface area is 147 Å². The molecule has 0 unspecified atom stereocenters. The molecule has 0 bridgehead atoms. The largest absolute Gasteiger partial charge is 0.508 e. The van der Waals surface area contributed by atoms with Crippen molar-refractivity contribution in [2.24, 2.45) is 0 Å². The van der Waals surface area contributed by atoms with Crippen LogP contribution in [-0.4, -0.2) is 11.0 Å². The maximum absolute atomic E-state index is 12.4. The van der Waals surface area contributed by atoms with Crippen LogP contribution in [-0.2, 0) is 11.3 Å². The van der Waals surface area contributed by atoms with Crippen LogP contribution in [0.1, 0.15) is 34.8 Å². The molecule has 0 aliphatic heterocycles. The molecule has 0 radical (unpaired) electrons. The van der Waals surface area contributed by atoms with E-state index < -0.39 is 0 Å². The number of benzene rings is 2. The summed E-state index contributed by atoms with van der Waals surface area (Å²) in [6.07, 6.45) is 1.83. The second-order valence-electron chi connectivity index (χ2n) is 6.09. The van der Waals surface area contributed by atoms with Crippen molar-refractivity contribution in [3.8, 4) is 5.75 Å². The third kappa shape index (κ3) is 4.29. The molecular formula is C21H21NO3. The maximum Gasteiger partial charge on any atom is 0.221 e. The molecule has 3 rings (SSSR count). The van der Waals surface area contributed by atoms with Gasteiger partial charge in [-0.25, -0.2) is 0 Å². The zero-order valence-electron chi connectivity index (χ0n) is 14.1. The van der Waals surface area contributed by atoms with E-state index in [-0.39, 0.29) is 24.0 Å². The molecule has 0 aliphatic rings. The number of phenolic OH excluding ortho intramolecular Hbond substituents is 1. The van der Waals surface area contributed by atoms with Crippen LogP contribution in [0.15, 0.2) is 71.3 Å². The number of aryl methyl sites for hydroxylation is 1. The first-order valence-electron chi connectivity index (χ1n) is 8.27.